The molecule has 1 aromatic heterocycles. The van der Waals surface area contributed by atoms with Gasteiger partial charge in [-0.3, -0.25) is 4.79 Å². The van der Waals surface area contributed by atoms with Gasteiger partial charge in [-0.15, -0.1) is 10.2 Å². The molecule has 1 aromatic carbocycles. The maximum Gasteiger partial charge on any atom is 0.416 e. The smallest absolute Gasteiger partial charge is 0.416 e. The monoisotopic (exact) mass is 392 g/mol. The number of nitrogens with two attached hydrogens (primary N) is 1. The number of hydrogen-bond acceptors (Lipinski definition) is 7. The molecule has 0 aliphatic heterocycles. The molecular formula is C14H15F3N4O2S2. The van der Waals surface area contributed by atoms with Crippen molar-refractivity contribution in [2.75, 3.05) is 23.4 Å². The second-order valence-corrected chi connectivity index (χ2v) is 7.03. The molecule has 2 aromatic rings. The van der Waals surface area contributed by atoms with Crippen molar-refractivity contribution in [3.05, 3.63) is 23.8 Å². The minimum Gasteiger partial charge on any atom is -0.491 e. The summed E-state index contributed by atoms with van der Waals surface area (Å²) in [7, 11) is 0. The van der Waals surface area contributed by atoms with Crippen LogP contribution in [0.5, 0.6) is 5.75 Å². The zero-order valence-electron chi connectivity index (χ0n) is 13.1. The molecule has 0 bridgehead atoms. The lowest BCUT2D eigenvalue weighted by molar-refractivity contribution is -0.137. The summed E-state index contributed by atoms with van der Waals surface area (Å²) in [5, 5.41) is 10.1. The van der Waals surface area contributed by atoms with Gasteiger partial charge in [0.25, 0.3) is 0 Å². The number of nitrogens with one attached hydrogen (secondary N) is 1. The van der Waals surface area contributed by atoms with E-state index in [1.165, 1.54) is 6.07 Å². The molecule has 1 amide bonds. The van der Waals surface area contributed by atoms with Crippen molar-refractivity contribution in [2.24, 2.45) is 0 Å². The molecule has 0 aliphatic rings. The molecule has 25 heavy (non-hydrogen) atoms. The van der Waals surface area contributed by atoms with E-state index in [9.17, 15) is 18.0 Å². The number of alkyl halides is 3. The van der Waals surface area contributed by atoms with Crippen molar-refractivity contribution in [1.29, 1.82) is 0 Å². The lowest BCUT2D eigenvalue weighted by Gasteiger charge is -2.15. The first-order valence-electron chi connectivity index (χ1n) is 7.15. The Kier molecular flexibility index (Phi) is 6.48. The van der Waals surface area contributed by atoms with Crippen molar-refractivity contribution in [3.63, 3.8) is 0 Å². The van der Waals surface area contributed by atoms with Crippen LogP contribution in [0.1, 0.15) is 18.9 Å². The van der Waals surface area contributed by atoms with Crippen molar-refractivity contribution in [1.82, 2.24) is 10.2 Å². The van der Waals surface area contributed by atoms with E-state index in [-0.39, 0.29) is 22.3 Å². The van der Waals surface area contributed by atoms with E-state index >= 15 is 0 Å². The third-order valence-corrected chi connectivity index (χ3v) is 4.68. The van der Waals surface area contributed by atoms with Crippen LogP contribution in [0, 0.1) is 0 Å². The number of amides is 1. The maximum atomic E-state index is 12.9. The van der Waals surface area contributed by atoms with Crippen molar-refractivity contribution >= 4 is 39.8 Å². The maximum absolute atomic E-state index is 12.9. The number of aromatic nitrogens is 2. The molecule has 0 aliphatic carbocycles. The summed E-state index contributed by atoms with van der Waals surface area (Å²) in [6.07, 6.45) is -3.83. The average molecular weight is 392 g/mol. The Hall–Kier alpha value is -2.01. The number of nitrogen functional groups attached to an aromatic ring is 1. The van der Waals surface area contributed by atoms with Gasteiger partial charge in [-0.1, -0.05) is 30.0 Å². The number of ether oxygens (including phenoxy) is 1. The summed E-state index contributed by atoms with van der Waals surface area (Å²) >= 11 is 2.21. The minimum atomic E-state index is -4.51. The SMILES string of the molecule is CCCOc1ccc(C(F)(F)F)cc1NC(=O)CSc1nnc(N)s1. The third-order valence-electron chi connectivity index (χ3n) is 2.79. The Bertz CT molecular complexity index is 737. The standard InChI is InChI=1S/C14H15F3N4O2S2/c1-2-5-23-10-4-3-8(14(15,16)17)6-9(10)19-11(22)7-24-13-21-20-12(18)25-13/h3-4,6H,2,5,7H2,1H3,(H2,18,20)(H,19,22). The van der Waals surface area contributed by atoms with Crippen LogP contribution in [0.2, 0.25) is 0 Å². The Morgan fingerprint density at radius 1 is 1.40 bits per heavy atom. The van der Waals surface area contributed by atoms with E-state index in [1.807, 2.05) is 6.92 Å². The van der Waals surface area contributed by atoms with Crippen LogP contribution in [-0.4, -0.2) is 28.5 Å². The molecule has 1 heterocycles. The summed E-state index contributed by atoms with van der Waals surface area (Å²) in [6.45, 7) is 2.19. The van der Waals surface area contributed by atoms with E-state index < -0.39 is 17.6 Å². The van der Waals surface area contributed by atoms with Gasteiger partial charge in [0.05, 0.1) is 23.6 Å². The first kappa shape index (κ1) is 19.3. The molecule has 0 spiro atoms. The molecule has 2 rings (SSSR count). The van der Waals surface area contributed by atoms with Crippen LogP contribution in [-0.2, 0) is 11.0 Å². The highest BCUT2D eigenvalue weighted by atomic mass is 32.2. The molecule has 0 fully saturated rings. The predicted octanol–water partition coefficient (Wildman–Crippen LogP) is 3.66. The number of carbonyl (C=O) groups excluding carboxylic acids is 1. The van der Waals surface area contributed by atoms with E-state index in [4.69, 9.17) is 10.5 Å². The molecule has 0 atom stereocenters. The lowest BCUT2D eigenvalue weighted by Crippen LogP contribution is -2.16. The molecule has 0 unspecified atom stereocenters. The largest absolute Gasteiger partial charge is 0.491 e. The van der Waals surface area contributed by atoms with Gasteiger partial charge in [0.15, 0.2) is 4.34 Å². The predicted molar refractivity (Wildman–Crippen MR) is 90.9 cm³/mol. The second kappa shape index (κ2) is 8.39. The normalized spacial score (nSPS) is 11.4. The third kappa shape index (κ3) is 5.78. The van der Waals surface area contributed by atoms with E-state index in [0.717, 1.165) is 35.2 Å². The van der Waals surface area contributed by atoms with Crippen molar-refractivity contribution in [3.8, 4) is 5.75 Å². The molecule has 3 N–H and O–H groups in total. The van der Waals surface area contributed by atoms with Gasteiger partial charge in [0.1, 0.15) is 5.75 Å². The van der Waals surface area contributed by atoms with Gasteiger partial charge in [0, 0.05) is 0 Å². The summed E-state index contributed by atoms with van der Waals surface area (Å²) in [4.78, 5) is 12.0. The number of thioether (sulfide) groups is 1. The number of nitrogens with zero attached hydrogens (tertiary/aromatic N) is 2. The van der Waals surface area contributed by atoms with Gasteiger partial charge in [-0.2, -0.15) is 13.2 Å². The van der Waals surface area contributed by atoms with Crippen LogP contribution < -0.4 is 15.8 Å². The Labute approximate surface area is 150 Å². The van der Waals surface area contributed by atoms with E-state index in [2.05, 4.69) is 15.5 Å². The summed E-state index contributed by atoms with van der Waals surface area (Å²) in [5.74, 6) is -0.342. The fourth-order valence-corrected chi connectivity index (χ4v) is 3.17. The Morgan fingerprint density at radius 2 is 2.16 bits per heavy atom. The highest BCUT2D eigenvalue weighted by molar-refractivity contribution is 8.01. The van der Waals surface area contributed by atoms with Gasteiger partial charge < -0.3 is 15.8 Å². The number of hydrogen-bond donors (Lipinski definition) is 2. The minimum absolute atomic E-state index is 0.0225. The number of anilines is 2. The van der Waals surface area contributed by atoms with Crippen molar-refractivity contribution in [2.45, 2.75) is 23.9 Å². The quantitative estimate of drug-likeness (QED) is 0.699. The Balaban J connectivity index is 2.09. The van der Waals surface area contributed by atoms with Crippen molar-refractivity contribution < 1.29 is 22.7 Å². The number of halogens is 3. The van der Waals surface area contributed by atoms with Crippen LogP contribution >= 0.6 is 23.1 Å². The fraction of sp³-hybridized carbons (Fsp3) is 0.357. The topological polar surface area (TPSA) is 90.1 Å². The fourth-order valence-electron chi connectivity index (χ4n) is 1.73. The van der Waals surface area contributed by atoms with E-state index in [1.54, 1.807) is 0 Å². The Morgan fingerprint density at radius 3 is 2.76 bits per heavy atom. The van der Waals surface area contributed by atoms with Crippen LogP contribution in [0.15, 0.2) is 22.5 Å². The van der Waals surface area contributed by atoms with Crippen LogP contribution in [0.25, 0.3) is 0 Å². The summed E-state index contributed by atoms with van der Waals surface area (Å²) < 4.78 is 44.5. The summed E-state index contributed by atoms with van der Waals surface area (Å²) in [6, 6.07) is 2.97. The highest BCUT2D eigenvalue weighted by Gasteiger charge is 2.31. The highest BCUT2D eigenvalue weighted by Crippen LogP contribution is 2.35. The van der Waals surface area contributed by atoms with Gasteiger partial charge in [-0.05, 0) is 24.6 Å². The average Bonchev–Trinajstić information content (AvgIpc) is 2.96. The molecule has 136 valence electrons. The second-order valence-electron chi connectivity index (χ2n) is 4.80. The van der Waals surface area contributed by atoms with Crippen LogP contribution in [0.3, 0.4) is 0 Å². The molecule has 11 heteroatoms. The zero-order valence-corrected chi connectivity index (χ0v) is 14.7. The molecule has 6 nitrogen and oxygen atoms in total. The lowest BCUT2D eigenvalue weighted by atomic mass is 10.1. The summed E-state index contributed by atoms with van der Waals surface area (Å²) in [5.41, 5.74) is 4.55. The molecular weight excluding hydrogens is 377 g/mol. The first-order valence-corrected chi connectivity index (χ1v) is 8.95. The molecule has 0 saturated heterocycles. The van der Waals surface area contributed by atoms with Gasteiger partial charge in [0.2, 0.25) is 11.0 Å². The van der Waals surface area contributed by atoms with Gasteiger partial charge in [-0.25, -0.2) is 0 Å². The number of benzene rings is 1. The number of rotatable bonds is 7. The number of carbonyl (C=O) groups is 1. The van der Waals surface area contributed by atoms with Crippen LogP contribution in [0.4, 0.5) is 24.0 Å². The van der Waals surface area contributed by atoms with Gasteiger partial charge >= 0.3 is 6.18 Å². The molecule has 0 radical (unpaired) electrons. The van der Waals surface area contributed by atoms with E-state index in [0.29, 0.717) is 17.4 Å². The molecule has 0 saturated carbocycles. The zero-order chi connectivity index (χ0) is 18.4. The first-order chi connectivity index (χ1) is 11.8.